The van der Waals surface area contributed by atoms with Gasteiger partial charge < -0.3 is 0 Å². The van der Waals surface area contributed by atoms with Crippen LogP contribution >= 0.6 is 0 Å². The standard InChI is InChI=1S/C20H41/c1-4-5-6-7-8-9-10-11-12-13-14-15-16-17-18-19-20(2)3/h14,20H,4-13,15-19H2,1-3H3. The zero-order valence-corrected chi connectivity index (χ0v) is 14.8. The molecule has 0 aliphatic carbocycles. The van der Waals surface area contributed by atoms with Crippen molar-refractivity contribution in [2.75, 3.05) is 0 Å². The van der Waals surface area contributed by atoms with Crippen LogP contribution in [0.2, 0.25) is 0 Å². The summed E-state index contributed by atoms with van der Waals surface area (Å²) in [5, 5.41) is 0. The molecule has 20 heavy (non-hydrogen) atoms. The summed E-state index contributed by atoms with van der Waals surface area (Å²) in [7, 11) is 0. The monoisotopic (exact) mass is 281 g/mol. The molecule has 0 N–H and O–H groups in total. The smallest absolute Gasteiger partial charge is 0.0386 e. The minimum atomic E-state index is 0.890. The minimum Gasteiger partial charge on any atom is -0.0654 e. The van der Waals surface area contributed by atoms with Gasteiger partial charge in [0.2, 0.25) is 0 Å². The molecule has 1 radical (unpaired) electrons. The number of hydrogen-bond donors (Lipinski definition) is 0. The van der Waals surface area contributed by atoms with Gasteiger partial charge in [0.25, 0.3) is 0 Å². The summed E-state index contributed by atoms with van der Waals surface area (Å²) in [5.41, 5.74) is 0. The Morgan fingerprint density at radius 1 is 0.600 bits per heavy atom. The van der Waals surface area contributed by atoms with Gasteiger partial charge in [0.05, 0.1) is 0 Å². The molecule has 0 aromatic carbocycles. The van der Waals surface area contributed by atoms with Crippen molar-refractivity contribution in [3.63, 3.8) is 0 Å². The molecule has 0 aromatic heterocycles. The maximum Gasteiger partial charge on any atom is -0.0386 e. The van der Waals surface area contributed by atoms with Crippen molar-refractivity contribution in [3.05, 3.63) is 6.42 Å². The molecule has 0 saturated heterocycles. The summed E-state index contributed by atoms with van der Waals surface area (Å²) in [6.07, 6.45) is 24.0. The minimum absolute atomic E-state index is 0.890. The highest BCUT2D eigenvalue weighted by Crippen LogP contribution is 2.14. The van der Waals surface area contributed by atoms with Crippen molar-refractivity contribution < 1.29 is 0 Å². The van der Waals surface area contributed by atoms with E-state index in [2.05, 4.69) is 27.2 Å². The Morgan fingerprint density at radius 2 is 1.05 bits per heavy atom. The largest absolute Gasteiger partial charge is 0.0654 e. The summed E-state index contributed by atoms with van der Waals surface area (Å²) in [5.74, 6) is 0.890. The molecule has 0 aliphatic heterocycles. The zero-order valence-electron chi connectivity index (χ0n) is 14.8. The van der Waals surface area contributed by atoms with Gasteiger partial charge in [-0.3, -0.25) is 0 Å². The Hall–Kier alpha value is 0. The van der Waals surface area contributed by atoms with Gasteiger partial charge >= 0.3 is 0 Å². The molecule has 0 unspecified atom stereocenters. The Kier molecular flexibility index (Phi) is 17.1. The van der Waals surface area contributed by atoms with Crippen LogP contribution in [-0.4, -0.2) is 0 Å². The maximum absolute atomic E-state index is 2.54. The molecule has 0 amide bonds. The highest BCUT2D eigenvalue weighted by molar-refractivity contribution is 4.64. The average Bonchev–Trinajstić information content (AvgIpc) is 2.43. The lowest BCUT2D eigenvalue weighted by atomic mass is 10.0. The van der Waals surface area contributed by atoms with Crippen LogP contribution in [0.15, 0.2) is 0 Å². The van der Waals surface area contributed by atoms with Crippen molar-refractivity contribution in [3.8, 4) is 0 Å². The van der Waals surface area contributed by atoms with E-state index in [1.807, 2.05) is 0 Å². The fraction of sp³-hybridized carbons (Fsp3) is 0.950. The summed E-state index contributed by atoms with van der Waals surface area (Å²) >= 11 is 0. The van der Waals surface area contributed by atoms with E-state index in [0.717, 1.165) is 5.92 Å². The number of hydrogen-bond acceptors (Lipinski definition) is 0. The molecule has 0 fully saturated rings. The van der Waals surface area contributed by atoms with Crippen molar-refractivity contribution in [2.45, 2.75) is 117 Å². The van der Waals surface area contributed by atoms with Crippen LogP contribution < -0.4 is 0 Å². The second-order valence-corrected chi connectivity index (χ2v) is 6.94. The molecule has 121 valence electrons. The molecular weight excluding hydrogens is 240 g/mol. The Labute approximate surface area is 130 Å². The predicted molar refractivity (Wildman–Crippen MR) is 94.1 cm³/mol. The second-order valence-electron chi connectivity index (χ2n) is 6.94. The van der Waals surface area contributed by atoms with Gasteiger partial charge in [-0.05, 0) is 12.3 Å². The Balaban J connectivity index is 2.92. The zero-order chi connectivity index (χ0) is 14.9. The van der Waals surface area contributed by atoms with Gasteiger partial charge in [0.15, 0.2) is 0 Å². The second kappa shape index (κ2) is 17.1. The van der Waals surface area contributed by atoms with E-state index >= 15 is 0 Å². The first-order valence-electron chi connectivity index (χ1n) is 9.59. The lowest BCUT2D eigenvalue weighted by Gasteiger charge is -2.04. The van der Waals surface area contributed by atoms with Gasteiger partial charge in [0.1, 0.15) is 0 Å². The van der Waals surface area contributed by atoms with Gasteiger partial charge in [-0.2, -0.15) is 0 Å². The molecule has 0 saturated carbocycles. The van der Waals surface area contributed by atoms with E-state index < -0.39 is 0 Å². The highest BCUT2D eigenvalue weighted by atomic mass is 14.0. The van der Waals surface area contributed by atoms with Crippen molar-refractivity contribution >= 4 is 0 Å². The van der Waals surface area contributed by atoms with Crippen LogP contribution in [0, 0.1) is 12.3 Å². The average molecular weight is 282 g/mol. The Morgan fingerprint density at radius 3 is 1.55 bits per heavy atom. The lowest BCUT2D eigenvalue weighted by molar-refractivity contribution is 0.522. The van der Waals surface area contributed by atoms with E-state index in [-0.39, 0.29) is 0 Å². The fourth-order valence-corrected chi connectivity index (χ4v) is 2.76. The topological polar surface area (TPSA) is 0 Å². The summed E-state index contributed by atoms with van der Waals surface area (Å²) < 4.78 is 0. The molecule has 0 bridgehead atoms. The molecule has 0 heteroatoms. The lowest BCUT2D eigenvalue weighted by Crippen LogP contribution is -1.87. The molecule has 0 aliphatic rings. The molecule has 0 heterocycles. The number of rotatable bonds is 16. The summed E-state index contributed by atoms with van der Waals surface area (Å²) in [6.45, 7) is 6.95. The Bertz CT molecular complexity index is 159. The van der Waals surface area contributed by atoms with Crippen LogP contribution in [0.4, 0.5) is 0 Å². The van der Waals surface area contributed by atoms with Crippen LogP contribution in [0.5, 0.6) is 0 Å². The van der Waals surface area contributed by atoms with Gasteiger partial charge in [0, 0.05) is 0 Å². The summed E-state index contributed by atoms with van der Waals surface area (Å²) in [4.78, 5) is 0. The van der Waals surface area contributed by atoms with Crippen molar-refractivity contribution in [1.82, 2.24) is 0 Å². The third-order valence-corrected chi connectivity index (χ3v) is 4.20. The van der Waals surface area contributed by atoms with Crippen LogP contribution in [0.25, 0.3) is 0 Å². The van der Waals surface area contributed by atoms with Crippen LogP contribution in [-0.2, 0) is 0 Å². The summed E-state index contributed by atoms with van der Waals surface area (Å²) in [6, 6.07) is 0. The third-order valence-electron chi connectivity index (χ3n) is 4.20. The molecule has 0 atom stereocenters. The maximum atomic E-state index is 2.54. The first-order chi connectivity index (χ1) is 9.77. The predicted octanol–water partition coefficient (Wildman–Crippen LogP) is 7.72. The van der Waals surface area contributed by atoms with Crippen molar-refractivity contribution in [1.29, 1.82) is 0 Å². The SMILES string of the molecule is CCCCCCCCCCC[CH]CCCCCC(C)C. The van der Waals surface area contributed by atoms with Gasteiger partial charge in [-0.25, -0.2) is 0 Å². The van der Waals surface area contributed by atoms with Gasteiger partial charge in [-0.15, -0.1) is 0 Å². The molecule has 0 spiro atoms. The van der Waals surface area contributed by atoms with E-state index in [4.69, 9.17) is 0 Å². The van der Waals surface area contributed by atoms with Crippen molar-refractivity contribution in [2.24, 2.45) is 5.92 Å². The third kappa shape index (κ3) is 18.0. The fourth-order valence-electron chi connectivity index (χ4n) is 2.76. The molecule has 0 nitrogen and oxygen atoms in total. The quantitative estimate of drug-likeness (QED) is 0.254. The molecule has 0 rings (SSSR count). The van der Waals surface area contributed by atoms with Gasteiger partial charge in [-0.1, -0.05) is 117 Å². The molecule has 0 aromatic rings. The highest BCUT2D eigenvalue weighted by Gasteiger charge is 1.96. The molecular formula is C20H41. The van der Waals surface area contributed by atoms with E-state index in [0.29, 0.717) is 0 Å². The van der Waals surface area contributed by atoms with Crippen LogP contribution in [0.3, 0.4) is 0 Å². The van der Waals surface area contributed by atoms with E-state index in [1.54, 1.807) is 0 Å². The number of unbranched alkanes of at least 4 members (excludes halogenated alkanes) is 14. The van der Waals surface area contributed by atoms with E-state index in [1.165, 1.54) is 96.3 Å². The first kappa shape index (κ1) is 20.0. The van der Waals surface area contributed by atoms with E-state index in [9.17, 15) is 0 Å². The first-order valence-corrected chi connectivity index (χ1v) is 9.59. The normalized spacial score (nSPS) is 11.4. The van der Waals surface area contributed by atoms with Crippen LogP contribution in [0.1, 0.15) is 117 Å².